The lowest BCUT2D eigenvalue weighted by molar-refractivity contribution is -0.319. The van der Waals surface area contributed by atoms with Crippen LogP contribution in [0.5, 0.6) is 0 Å². The van der Waals surface area contributed by atoms with Crippen LogP contribution in [0.15, 0.2) is 0 Å². The number of hydrogen-bond donors (Lipinski definition) is 0. The molecule has 0 N–H and O–H groups in total. The molecule has 0 aliphatic carbocycles. The van der Waals surface area contributed by atoms with Crippen molar-refractivity contribution >= 4 is 12.3 Å². The molecule has 0 radical (unpaired) electrons. The fraction of sp³-hybridized carbons (Fsp3) is 0.889. The molecule has 0 spiro atoms. The quantitative estimate of drug-likeness (QED) is 0.201. The average molecular weight is 378 g/mol. The van der Waals surface area contributed by atoms with Gasteiger partial charge in [-0.15, -0.1) is 0 Å². The lowest BCUT2D eigenvalue weighted by Gasteiger charge is -2.21. The summed E-state index contributed by atoms with van der Waals surface area (Å²) >= 11 is 0. The second kappa shape index (κ2) is 12.0. The number of carbonyl (C=O) groups is 2. The minimum Gasteiger partial charge on any atom is -0.432 e. The van der Waals surface area contributed by atoms with Crippen LogP contribution in [-0.2, 0) is 29.0 Å². The summed E-state index contributed by atoms with van der Waals surface area (Å²) in [4.78, 5) is 42.3. The van der Waals surface area contributed by atoms with Gasteiger partial charge in [0.15, 0.2) is 0 Å². The number of rotatable bonds is 12. The molecule has 0 saturated heterocycles. The fourth-order valence-electron chi connectivity index (χ4n) is 1.40. The third kappa shape index (κ3) is 11.9. The van der Waals surface area contributed by atoms with Gasteiger partial charge in [0.25, 0.3) is 0 Å². The van der Waals surface area contributed by atoms with E-state index in [2.05, 4.69) is 9.78 Å². The summed E-state index contributed by atoms with van der Waals surface area (Å²) in [5.74, 6) is 0. The summed E-state index contributed by atoms with van der Waals surface area (Å²) in [6.07, 6.45) is 0.853. The molecular formula is C18H34O8. The lowest BCUT2D eigenvalue weighted by Crippen LogP contribution is -2.27. The second-order valence-corrected chi connectivity index (χ2v) is 7.20. The lowest BCUT2D eigenvalue weighted by atomic mass is 10.1. The van der Waals surface area contributed by atoms with Gasteiger partial charge in [-0.05, 0) is 59.8 Å². The van der Waals surface area contributed by atoms with E-state index in [1.54, 1.807) is 27.7 Å². The number of carbonyl (C=O) groups excluding carboxylic acids is 2. The summed E-state index contributed by atoms with van der Waals surface area (Å²) in [6, 6.07) is 0. The van der Waals surface area contributed by atoms with E-state index in [1.165, 1.54) is 0 Å². The van der Waals surface area contributed by atoms with E-state index in [0.717, 1.165) is 0 Å². The van der Waals surface area contributed by atoms with Crippen LogP contribution < -0.4 is 0 Å². The van der Waals surface area contributed by atoms with E-state index in [4.69, 9.17) is 19.2 Å². The van der Waals surface area contributed by atoms with E-state index >= 15 is 0 Å². The first-order chi connectivity index (χ1) is 12.0. The van der Waals surface area contributed by atoms with E-state index < -0.39 is 23.5 Å². The van der Waals surface area contributed by atoms with Crippen LogP contribution in [0.3, 0.4) is 0 Å². The predicted molar refractivity (Wildman–Crippen MR) is 94.2 cm³/mol. The van der Waals surface area contributed by atoms with Crippen molar-refractivity contribution in [2.75, 3.05) is 6.61 Å². The van der Waals surface area contributed by atoms with Gasteiger partial charge in [0.1, 0.15) is 17.3 Å². The molecule has 0 saturated carbocycles. The van der Waals surface area contributed by atoms with Gasteiger partial charge >= 0.3 is 12.3 Å². The Bertz CT molecular complexity index is 419. The molecule has 0 aliphatic rings. The normalized spacial score (nSPS) is 13.0. The van der Waals surface area contributed by atoms with Crippen LogP contribution >= 0.6 is 0 Å². The fourth-order valence-corrected chi connectivity index (χ4v) is 1.40. The monoisotopic (exact) mass is 378 g/mol. The standard InChI is InChI=1S/C18H34O8/c1-8-14(22-16(20)24-26-18(6,7)10-3)12-11-13-21-15(19)23-25-17(4,5)9-2/h14H,8-13H2,1-7H3. The second-order valence-electron chi connectivity index (χ2n) is 7.20. The average Bonchev–Trinajstić information content (AvgIpc) is 2.61. The van der Waals surface area contributed by atoms with Crippen LogP contribution in [-0.4, -0.2) is 36.2 Å². The van der Waals surface area contributed by atoms with Crippen molar-refractivity contribution in [3.63, 3.8) is 0 Å². The Morgan fingerprint density at radius 2 is 1.35 bits per heavy atom. The molecule has 0 fully saturated rings. The maximum atomic E-state index is 11.6. The van der Waals surface area contributed by atoms with Crippen molar-refractivity contribution in [3.05, 3.63) is 0 Å². The maximum Gasteiger partial charge on any atom is 0.540 e. The van der Waals surface area contributed by atoms with Gasteiger partial charge in [-0.1, -0.05) is 20.8 Å². The summed E-state index contributed by atoms with van der Waals surface area (Å²) in [7, 11) is 0. The number of ether oxygens (including phenoxy) is 2. The zero-order valence-electron chi connectivity index (χ0n) is 17.1. The molecule has 0 rings (SSSR count). The Morgan fingerprint density at radius 1 is 0.846 bits per heavy atom. The summed E-state index contributed by atoms with van der Waals surface area (Å²) in [5, 5.41) is 0. The molecule has 154 valence electrons. The molecular weight excluding hydrogens is 344 g/mol. The third-order valence-electron chi connectivity index (χ3n) is 3.98. The maximum absolute atomic E-state index is 11.6. The van der Waals surface area contributed by atoms with Crippen LogP contribution in [0.4, 0.5) is 9.59 Å². The van der Waals surface area contributed by atoms with Crippen LogP contribution in [0, 0.1) is 0 Å². The topological polar surface area (TPSA) is 89.5 Å². The highest BCUT2D eigenvalue weighted by atomic mass is 17.2. The molecule has 8 nitrogen and oxygen atoms in total. The highest BCUT2D eigenvalue weighted by Gasteiger charge is 2.22. The van der Waals surface area contributed by atoms with Gasteiger partial charge in [-0.25, -0.2) is 9.59 Å². The summed E-state index contributed by atoms with van der Waals surface area (Å²) in [6.45, 7) is 13.1. The summed E-state index contributed by atoms with van der Waals surface area (Å²) < 4.78 is 10.1. The van der Waals surface area contributed by atoms with Crippen molar-refractivity contribution in [2.45, 2.75) is 97.9 Å². The molecule has 0 aliphatic heterocycles. The molecule has 8 heteroatoms. The first-order valence-corrected chi connectivity index (χ1v) is 9.14. The van der Waals surface area contributed by atoms with E-state index in [-0.39, 0.29) is 12.7 Å². The third-order valence-corrected chi connectivity index (χ3v) is 3.98. The minimum absolute atomic E-state index is 0.128. The zero-order chi connectivity index (χ0) is 20.2. The van der Waals surface area contributed by atoms with Crippen LogP contribution in [0.25, 0.3) is 0 Å². The van der Waals surface area contributed by atoms with E-state index in [9.17, 15) is 9.59 Å². The van der Waals surface area contributed by atoms with Crippen molar-refractivity contribution in [1.29, 1.82) is 0 Å². The Morgan fingerprint density at radius 3 is 1.81 bits per heavy atom. The molecule has 0 bridgehead atoms. The molecule has 0 aromatic heterocycles. The Kier molecular flexibility index (Phi) is 11.2. The van der Waals surface area contributed by atoms with Crippen molar-refractivity contribution in [2.24, 2.45) is 0 Å². The largest absolute Gasteiger partial charge is 0.540 e. The van der Waals surface area contributed by atoms with Gasteiger partial charge < -0.3 is 9.47 Å². The SMILES string of the molecule is CCC(CCCOC(=O)OOC(C)(C)CC)OC(=O)OOC(C)(C)CC. The van der Waals surface area contributed by atoms with Gasteiger partial charge in [-0.2, -0.15) is 9.78 Å². The van der Waals surface area contributed by atoms with Crippen molar-refractivity contribution in [3.8, 4) is 0 Å². The molecule has 26 heavy (non-hydrogen) atoms. The zero-order valence-corrected chi connectivity index (χ0v) is 17.1. The first kappa shape index (κ1) is 24.5. The van der Waals surface area contributed by atoms with Crippen molar-refractivity contribution < 1.29 is 38.6 Å². The summed E-state index contributed by atoms with van der Waals surface area (Å²) in [5.41, 5.74) is -1.13. The predicted octanol–water partition coefficient (Wildman–Crippen LogP) is 5.09. The molecule has 0 aromatic carbocycles. The highest BCUT2D eigenvalue weighted by Crippen LogP contribution is 2.16. The Balaban J connectivity index is 3.97. The van der Waals surface area contributed by atoms with Gasteiger partial charge in [0.2, 0.25) is 0 Å². The molecule has 0 heterocycles. The molecule has 1 unspecified atom stereocenters. The van der Waals surface area contributed by atoms with Gasteiger partial charge in [0.05, 0.1) is 6.61 Å². The van der Waals surface area contributed by atoms with Gasteiger partial charge in [-0.3, -0.25) is 9.78 Å². The molecule has 0 amide bonds. The Hall–Kier alpha value is -1.54. The highest BCUT2D eigenvalue weighted by molar-refractivity contribution is 5.59. The minimum atomic E-state index is -0.893. The van der Waals surface area contributed by atoms with Crippen LogP contribution in [0.2, 0.25) is 0 Å². The van der Waals surface area contributed by atoms with Crippen molar-refractivity contribution in [1.82, 2.24) is 0 Å². The van der Waals surface area contributed by atoms with Gasteiger partial charge in [0, 0.05) is 0 Å². The number of hydrogen-bond acceptors (Lipinski definition) is 8. The van der Waals surface area contributed by atoms with Crippen LogP contribution in [0.1, 0.15) is 80.6 Å². The Labute approximate surface area is 156 Å². The van der Waals surface area contributed by atoms with E-state index in [0.29, 0.717) is 32.1 Å². The first-order valence-electron chi connectivity index (χ1n) is 9.14. The molecule has 0 aromatic rings. The smallest absolute Gasteiger partial charge is 0.432 e. The molecule has 1 atom stereocenters. The van der Waals surface area contributed by atoms with E-state index in [1.807, 2.05) is 20.8 Å².